The molecule has 0 N–H and O–H groups in total. The maximum atomic E-state index is 12.7. The molecule has 0 rings (SSSR count). The van der Waals surface area contributed by atoms with E-state index in [1.54, 1.807) is 27.7 Å². The standard InChI is InChI=1S/C31H56O8/c1-21(2)27(34)38-19-31(20-39-28(35)22(3)4,17-36-25(32)13-23(5)15-29(7,8)9)18-37-26(33)14-24(6)16-30(10,11)12/h21-24H,13-20H2,1-12H3. The first-order valence-corrected chi connectivity index (χ1v) is 14.3. The average molecular weight is 557 g/mol. The van der Waals surface area contributed by atoms with E-state index in [0.29, 0.717) is 0 Å². The van der Waals surface area contributed by atoms with E-state index in [2.05, 4.69) is 41.5 Å². The Labute approximate surface area is 237 Å². The van der Waals surface area contributed by atoms with E-state index in [1.807, 2.05) is 13.8 Å². The Morgan fingerprint density at radius 1 is 0.513 bits per heavy atom. The second-order valence-corrected chi connectivity index (χ2v) is 14.5. The molecule has 0 aromatic heterocycles. The molecule has 0 spiro atoms. The van der Waals surface area contributed by atoms with Crippen LogP contribution < -0.4 is 0 Å². The number of hydrogen-bond donors (Lipinski definition) is 0. The minimum absolute atomic E-state index is 0.0673. The topological polar surface area (TPSA) is 105 Å². The van der Waals surface area contributed by atoms with E-state index in [9.17, 15) is 19.2 Å². The Bertz CT molecular complexity index is 719. The van der Waals surface area contributed by atoms with Crippen LogP contribution in [0.1, 0.15) is 109 Å². The summed E-state index contributed by atoms with van der Waals surface area (Å²) in [7, 11) is 0. The van der Waals surface area contributed by atoms with Gasteiger partial charge >= 0.3 is 23.9 Å². The molecular weight excluding hydrogens is 500 g/mol. The lowest BCUT2D eigenvalue weighted by Gasteiger charge is -2.32. The van der Waals surface area contributed by atoms with Gasteiger partial charge in [-0.1, -0.05) is 83.1 Å². The minimum Gasteiger partial charge on any atom is -0.465 e. The number of esters is 4. The van der Waals surface area contributed by atoms with Crippen LogP contribution in [0, 0.1) is 39.9 Å². The molecule has 0 radical (unpaired) electrons. The molecule has 8 heteroatoms. The highest BCUT2D eigenvalue weighted by Crippen LogP contribution is 2.29. The first-order valence-electron chi connectivity index (χ1n) is 14.3. The Morgan fingerprint density at radius 2 is 0.795 bits per heavy atom. The third-order valence-corrected chi connectivity index (χ3v) is 6.01. The zero-order valence-corrected chi connectivity index (χ0v) is 26.7. The van der Waals surface area contributed by atoms with Crippen molar-refractivity contribution in [1.82, 2.24) is 0 Å². The maximum Gasteiger partial charge on any atom is 0.308 e. The number of hydrogen-bond acceptors (Lipinski definition) is 8. The molecule has 0 heterocycles. The van der Waals surface area contributed by atoms with Gasteiger partial charge in [-0.3, -0.25) is 19.2 Å². The fraction of sp³-hybridized carbons (Fsp3) is 0.871. The summed E-state index contributed by atoms with van der Waals surface area (Å²) in [4.78, 5) is 50.1. The number of carbonyl (C=O) groups excluding carboxylic acids is 4. The molecule has 228 valence electrons. The lowest BCUT2D eigenvalue weighted by molar-refractivity contribution is -0.173. The smallest absolute Gasteiger partial charge is 0.308 e. The van der Waals surface area contributed by atoms with Gasteiger partial charge in [0.25, 0.3) is 0 Å². The second-order valence-electron chi connectivity index (χ2n) is 14.5. The number of ether oxygens (including phenoxy) is 4. The van der Waals surface area contributed by atoms with E-state index < -0.39 is 29.3 Å². The molecular formula is C31H56O8. The van der Waals surface area contributed by atoms with Crippen molar-refractivity contribution in [2.24, 2.45) is 39.9 Å². The zero-order valence-electron chi connectivity index (χ0n) is 26.7. The molecule has 0 aromatic rings. The monoisotopic (exact) mass is 556 g/mol. The summed E-state index contributed by atoms with van der Waals surface area (Å²) in [6, 6.07) is 0. The van der Waals surface area contributed by atoms with Crippen molar-refractivity contribution < 1.29 is 38.1 Å². The van der Waals surface area contributed by atoms with Crippen LogP contribution >= 0.6 is 0 Å². The Morgan fingerprint density at radius 3 is 1.05 bits per heavy atom. The molecule has 2 atom stereocenters. The lowest BCUT2D eigenvalue weighted by Crippen LogP contribution is -2.44. The van der Waals surface area contributed by atoms with Crippen molar-refractivity contribution in [3.05, 3.63) is 0 Å². The molecule has 39 heavy (non-hydrogen) atoms. The van der Waals surface area contributed by atoms with Crippen LogP contribution in [0.15, 0.2) is 0 Å². The van der Waals surface area contributed by atoms with Gasteiger partial charge in [-0.05, 0) is 35.5 Å². The number of carbonyl (C=O) groups is 4. The van der Waals surface area contributed by atoms with Gasteiger partial charge in [0.2, 0.25) is 0 Å². The van der Waals surface area contributed by atoms with E-state index in [1.165, 1.54) is 0 Å². The predicted octanol–water partition coefficient (Wildman–Crippen LogP) is 6.38. The summed E-state index contributed by atoms with van der Waals surface area (Å²) in [6.07, 6.45) is 2.12. The summed E-state index contributed by atoms with van der Waals surface area (Å²) in [5, 5.41) is 0. The van der Waals surface area contributed by atoms with Gasteiger partial charge in [0.05, 0.1) is 11.8 Å². The van der Waals surface area contributed by atoms with Gasteiger partial charge in [-0.15, -0.1) is 0 Å². The largest absolute Gasteiger partial charge is 0.465 e. The van der Waals surface area contributed by atoms with Crippen LogP contribution in [-0.4, -0.2) is 50.3 Å². The maximum absolute atomic E-state index is 12.7. The molecule has 0 aliphatic rings. The normalized spacial score (nSPS) is 14.1. The summed E-state index contributed by atoms with van der Waals surface area (Å²) in [5.41, 5.74) is -1.10. The molecule has 2 unspecified atom stereocenters. The fourth-order valence-electron chi connectivity index (χ4n) is 4.42. The Kier molecular flexibility index (Phi) is 15.3. The molecule has 0 aliphatic heterocycles. The van der Waals surface area contributed by atoms with Crippen molar-refractivity contribution in [2.45, 2.75) is 109 Å². The van der Waals surface area contributed by atoms with Gasteiger partial charge in [-0.25, -0.2) is 0 Å². The molecule has 0 aromatic carbocycles. The van der Waals surface area contributed by atoms with E-state index in [4.69, 9.17) is 18.9 Å². The predicted molar refractivity (Wildman–Crippen MR) is 152 cm³/mol. The third kappa shape index (κ3) is 18.0. The van der Waals surface area contributed by atoms with E-state index in [0.717, 1.165) is 12.8 Å². The molecule has 0 saturated carbocycles. The highest BCUT2D eigenvalue weighted by Gasteiger charge is 2.38. The SMILES string of the molecule is CC(CC(=O)OCC(COC(=O)CC(C)CC(C)(C)C)(COC(=O)C(C)C)COC(=O)C(C)C)CC(C)(C)C. The van der Waals surface area contributed by atoms with Gasteiger partial charge in [0.1, 0.15) is 31.8 Å². The van der Waals surface area contributed by atoms with Gasteiger partial charge in [0.15, 0.2) is 0 Å². The van der Waals surface area contributed by atoms with Crippen molar-refractivity contribution in [1.29, 1.82) is 0 Å². The first-order chi connectivity index (χ1) is 17.6. The van der Waals surface area contributed by atoms with Gasteiger partial charge < -0.3 is 18.9 Å². The van der Waals surface area contributed by atoms with Gasteiger partial charge in [-0.2, -0.15) is 0 Å². The van der Waals surface area contributed by atoms with Crippen molar-refractivity contribution >= 4 is 23.9 Å². The zero-order chi connectivity index (χ0) is 30.6. The molecule has 0 bridgehead atoms. The fourth-order valence-corrected chi connectivity index (χ4v) is 4.42. The van der Waals surface area contributed by atoms with Crippen molar-refractivity contribution in [3.8, 4) is 0 Å². The molecule has 0 aliphatic carbocycles. The first kappa shape index (κ1) is 36.9. The van der Waals surface area contributed by atoms with Crippen LogP contribution in [0.2, 0.25) is 0 Å². The molecule has 0 amide bonds. The summed E-state index contributed by atoms with van der Waals surface area (Å²) < 4.78 is 22.3. The quantitative estimate of drug-likeness (QED) is 0.159. The number of rotatable bonds is 16. The van der Waals surface area contributed by atoms with Crippen LogP contribution in [0.5, 0.6) is 0 Å². The van der Waals surface area contributed by atoms with Gasteiger partial charge in [0, 0.05) is 12.8 Å². The van der Waals surface area contributed by atoms with E-state index in [-0.39, 0.29) is 73.8 Å². The highest BCUT2D eigenvalue weighted by atomic mass is 16.6. The van der Waals surface area contributed by atoms with Crippen molar-refractivity contribution in [3.63, 3.8) is 0 Å². The summed E-state index contributed by atoms with van der Waals surface area (Å²) in [6.45, 7) is 22.6. The summed E-state index contributed by atoms with van der Waals surface area (Å²) in [5.74, 6) is -2.30. The van der Waals surface area contributed by atoms with Crippen LogP contribution in [0.25, 0.3) is 0 Å². The molecule has 8 nitrogen and oxygen atoms in total. The Hall–Kier alpha value is -2.12. The molecule has 0 fully saturated rings. The lowest BCUT2D eigenvalue weighted by atomic mass is 9.84. The van der Waals surface area contributed by atoms with E-state index >= 15 is 0 Å². The highest BCUT2D eigenvalue weighted by molar-refractivity contribution is 5.72. The third-order valence-electron chi connectivity index (χ3n) is 6.01. The van der Waals surface area contributed by atoms with Crippen LogP contribution in [-0.2, 0) is 38.1 Å². The van der Waals surface area contributed by atoms with Crippen molar-refractivity contribution in [2.75, 3.05) is 26.4 Å². The second kappa shape index (κ2) is 16.2. The average Bonchev–Trinajstić information content (AvgIpc) is 2.74. The Balaban J connectivity index is 5.75. The summed E-state index contributed by atoms with van der Waals surface area (Å²) >= 11 is 0. The van der Waals surface area contributed by atoms with Crippen LogP contribution in [0.3, 0.4) is 0 Å². The minimum atomic E-state index is -1.24. The van der Waals surface area contributed by atoms with Crippen LogP contribution in [0.4, 0.5) is 0 Å². The molecule has 0 saturated heterocycles.